The van der Waals surface area contributed by atoms with Crippen LogP contribution < -0.4 is 20.9 Å². The maximum atomic E-state index is 13.6. The summed E-state index contributed by atoms with van der Waals surface area (Å²) in [6.07, 6.45) is 4.14. The molecule has 6 rings (SSSR count). The zero-order valence-electron chi connectivity index (χ0n) is 35.2. The summed E-state index contributed by atoms with van der Waals surface area (Å²) in [5.41, 5.74) is 2.82. The van der Waals surface area contributed by atoms with Crippen molar-refractivity contribution in [2.75, 3.05) is 59.8 Å². The van der Waals surface area contributed by atoms with Gasteiger partial charge in [-0.25, -0.2) is 4.79 Å². The van der Waals surface area contributed by atoms with Crippen molar-refractivity contribution >= 4 is 70.3 Å². The van der Waals surface area contributed by atoms with Gasteiger partial charge in [0.25, 0.3) is 0 Å². The molecule has 3 fully saturated rings. The van der Waals surface area contributed by atoms with Crippen molar-refractivity contribution in [2.45, 2.75) is 94.2 Å². The summed E-state index contributed by atoms with van der Waals surface area (Å²) < 4.78 is 45.6. The van der Waals surface area contributed by atoms with Crippen molar-refractivity contribution in [2.24, 2.45) is 0 Å². The molecule has 334 valence electrons. The van der Waals surface area contributed by atoms with E-state index in [1.54, 1.807) is 40.6 Å². The molecule has 3 aromatic carbocycles. The van der Waals surface area contributed by atoms with Gasteiger partial charge < -0.3 is 35.4 Å². The highest BCUT2D eigenvalue weighted by Crippen LogP contribution is 2.47. The van der Waals surface area contributed by atoms with Crippen LogP contribution in [0.4, 0.5) is 35.0 Å². The lowest BCUT2D eigenvalue weighted by Crippen LogP contribution is -2.52. The van der Waals surface area contributed by atoms with Gasteiger partial charge >= 0.3 is 12.3 Å². The number of halogens is 3. The first-order chi connectivity index (χ1) is 29.8. The standard InChI is InChI=1S/C45H55F3N6O6S2/c1-60-44(59)51-35(24-28-62-3)43(58)53-26-5-8-39(53)42(57)50-33-18-12-30(13-19-33)37-23-22-36(54(37)34-20-14-31(15-21-34)45(46,47)48)29-10-16-32(17-11-29)49-41(56)38-7-4-25-52(38)40(55)9-6-27-61-2/h10-21,35-39H,4-9,22-28H2,1-3H3,(H,49,56)(H,50,57)(H,51,59)/t35?,36-,37-,38+,39?/m1/s1. The summed E-state index contributed by atoms with van der Waals surface area (Å²) in [6, 6.07) is 17.5. The number of rotatable bonds is 16. The van der Waals surface area contributed by atoms with E-state index in [-0.39, 0.29) is 35.7 Å². The van der Waals surface area contributed by atoms with Gasteiger partial charge in [0, 0.05) is 36.6 Å². The predicted molar refractivity (Wildman–Crippen MR) is 238 cm³/mol. The second kappa shape index (κ2) is 21.5. The summed E-state index contributed by atoms with van der Waals surface area (Å²) in [7, 11) is 1.23. The molecule has 3 aromatic rings. The number of methoxy groups -OCH3 is 1. The fourth-order valence-corrected chi connectivity index (χ4v) is 9.63. The van der Waals surface area contributed by atoms with Crippen LogP contribution in [-0.4, -0.2) is 102 Å². The number of alkyl carbamates (subject to hydrolysis) is 1. The zero-order valence-corrected chi connectivity index (χ0v) is 36.9. The fraction of sp³-hybridized carbons (Fsp3) is 0.489. The number of thioether (sulfide) groups is 2. The van der Waals surface area contributed by atoms with Crippen LogP contribution in [0.1, 0.15) is 86.6 Å². The SMILES string of the molecule is COC(=O)NC(CCSC)C(=O)N1CCCC1C(=O)Nc1ccc([C@H]2CC[C@H](c3ccc(NC(=O)[C@@H]4CCCN4C(=O)CCCSC)cc3)N2c2ccc(C(F)(F)F)cc2)cc1. The molecule has 3 aliphatic rings. The summed E-state index contributed by atoms with van der Waals surface area (Å²) in [5.74, 6) is 0.614. The number of carbonyl (C=O) groups is 5. The van der Waals surface area contributed by atoms with Crippen LogP contribution in [0.2, 0.25) is 0 Å². The first kappa shape index (κ1) is 46.6. The molecule has 2 unspecified atom stereocenters. The predicted octanol–water partition coefficient (Wildman–Crippen LogP) is 8.27. The molecule has 0 radical (unpaired) electrons. The molecule has 3 aliphatic heterocycles. The average Bonchev–Trinajstić information content (AvgIpc) is 4.06. The molecule has 3 heterocycles. The summed E-state index contributed by atoms with van der Waals surface area (Å²) >= 11 is 3.23. The highest BCUT2D eigenvalue weighted by molar-refractivity contribution is 7.98. The third-order valence-corrected chi connectivity index (χ3v) is 13.2. The molecule has 0 aliphatic carbocycles. The Kier molecular flexibility index (Phi) is 16.1. The molecule has 17 heteroatoms. The van der Waals surface area contributed by atoms with E-state index in [2.05, 4.69) is 20.9 Å². The van der Waals surface area contributed by atoms with Gasteiger partial charge in [0.2, 0.25) is 23.6 Å². The van der Waals surface area contributed by atoms with E-state index in [9.17, 15) is 37.1 Å². The summed E-state index contributed by atoms with van der Waals surface area (Å²) in [6.45, 7) is 0.947. The minimum Gasteiger partial charge on any atom is -0.453 e. The highest BCUT2D eigenvalue weighted by atomic mass is 32.2. The Hall–Kier alpha value is -4.90. The van der Waals surface area contributed by atoms with Crippen molar-refractivity contribution in [3.05, 3.63) is 89.5 Å². The van der Waals surface area contributed by atoms with E-state index in [0.29, 0.717) is 80.9 Å². The number of benzene rings is 3. The maximum absolute atomic E-state index is 13.6. The fourth-order valence-electron chi connectivity index (χ4n) is 8.72. The van der Waals surface area contributed by atoms with Crippen molar-refractivity contribution in [3.8, 4) is 0 Å². The summed E-state index contributed by atoms with van der Waals surface area (Å²) in [5, 5.41) is 8.55. The maximum Gasteiger partial charge on any atom is 0.416 e. The summed E-state index contributed by atoms with van der Waals surface area (Å²) in [4.78, 5) is 70.7. The molecule has 0 spiro atoms. The number of ether oxygens (including phenoxy) is 1. The average molecular weight is 897 g/mol. The molecular weight excluding hydrogens is 842 g/mol. The number of likely N-dealkylation sites (tertiary alicyclic amines) is 2. The van der Waals surface area contributed by atoms with Gasteiger partial charge in [-0.2, -0.15) is 36.7 Å². The number of carbonyl (C=O) groups excluding carboxylic acids is 5. The van der Waals surface area contributed by atoms with Crippen LogP contribution in [-0.2, 0) is 30.1 Å². The monoisotopic (exact) mass is 896 g/mol. The molecule has 5 amide bonds. The van der Waals surface area contributed by atoms with Crippen molar-refractivity contribution in [1.82, 2.24) is 15.1 Å². The molecule has 5 atom stereocenters. The number of nitrogens with zero attached hydrogens (tertiary/aromatic N) is 3. The van der Waals surface area contributed by atoms with Gasteiger partial charge in [0.15, 0.2) is 0 Å². The number of anilines is 3. The molecule has 0 bridgehead atoms. The first-order valence-corrected chi connectivity index (χ1v) is 23.8. The van der Waals surface area contributed by atoms with Crippen LogP contribution in [0.15, 0.2) is 72.8 Å². The zero-order chi connectivity index (χ0) is 44.4. The molecule has 3 N–H and O–H groups in total. The molecular formula is C45H55F3N6O6S2. The highest BCUT2D eigenvalue weighted by Gasteiger charge is 2.40. The van der Waals surface area contributed by atoms with Crippen LogP contribution in [0.3, 0.4) is 0 Å². The second-order valence-corrected chi connectivity index (χ2v) is 17.8. The van der Waals surface area contributed by atoms with Gasteiger partial charge in [0.05, 0.1) is 24.8 Å². The van der Waals surface area contributed by atoms with Gasteiger partial charge in [-0.15, -0.1) is 0 Å². The van der Waals surface area contributed by atoms with Crippen LogP contribution in [0.25, 0.3) is 0 Å². The molecule has 0 aromatic heterocycles. The topological polar surface area (TPSA) is 140 Å². The number of amides is 5. The quantitative estimate of drug-likeness (QED) is 0.121. The number of nitrogens with one attached hydrogen (secondary N) is 3. The van der Waals surface area contributed by atoms with Crippen LogP contribution >= 0.6 is 23.5 Å². The lowest BCUT2D eigenvalue weighted by atomic mass is 10.0. The molecule has 12 nitrogen and oxygen atoms in total. The van der Waals surface area contributed by atoms with Gasteiger partial charge in [0.1, 0.15) is 18.1 Å². The molecule has 0 saturated carbocycles. The Bertz CT molecular complexity index is 2020. The Morgan fingerprint density at radius 3 is 1.74 bits per heavy atom. The minimum atomic E-state index is -4.49. The van der Waals surface area contributed by atoms with Gasteiger partial charge in [-0.3, -0.25) is 19.2 Å². The largest absolute Gasteiger partial charge is 0.453 e. The minimum absolute atomic E-state index is 0.00244. The molecule has 62 heavy (non-hydrogen) atoms. The Morgan fingerprint density at radius 1 is 0.726 bits per heavy atom. The van der Waals surface area contributed by atoms with E-state index in [1.165, 1.54) is 24.1 Å². The van der Waals surface area contributed by atoms with Crippen LogP contribution in [0, 0.1) is 0 Å². The Labute approximate surface area is 369 Å². The van der Waals surface area contributed by atoms with Crippen molar-refractivity contribution in [1.29, 1.82) is 0 Å². The van der Waals surface area contributed by atoms with Gasteiger partial charge in [-0.05, 0) is 135 Å². The Balaban J connectivity index is 1.16. The van der Waals surface area contributed by atoms with E-state index >= 15 is 0 Å². The van der Waals surface area contributed by atoms with E-state index in [0.717, 1.165) is 41.9 Å². The number of alkyl halides is 3. The van der Waals surface area contributed by atoms with Crippen molar-refractivity contribution in [3.63, 3.8) is 0 Å². The number of hydrogen-bond donors (Lipinski definition) is 3. The normalized spacial score (nSPS) is 20.5. The van der Waals surface area contributed by atoms with Gasteiger partial charge in [-0.1, -0.05) is 24.3 Å². The first-order valence-electron chi connectivity index (χ1n) is 21.0. The van der Waals surface area contributed by atoms with Crippen LogP contribution in [0.5, 0.6) is 0 Å². The smallest absolute Gasteiger partial charge is 0.416 e. The van der Waals surface area contributed by atoms with Crippen molar-refractivity contribution < 1.29 is 41.9 Å². The molecule has 3 saturated heterocycles. The third-order valence-electron chi connectivity index (χ3n) is 11.8. The lowest BCUT2D eigenvalue weighted by Gasteiger charge is -2.33. The van der Waals surface area contributed by atoms with E-state index < -0.39 is 36.0 Å². The Morgan fingerprint density at radius 2 is 1.24 bits per heavy atom. The second-order valence-electron chi connectivity index (χ2n) is 15.8. The number of hydrogen-bond acceptors (Lipinski definition) is 9. The lowest BCUT2D eigenvalue weighted by molar-refractivity contribution is -0.138. The third kappa shape index (κ3) is 11.4. The van der Waals surface area contributed by atoms with E-state index in [1.807, 2.05) is 48.9 Å². The van der Waals surface area contributed by atoms with E-state index in [4.69, 9.17) is 4.74 Å².